The monoisotopic (exact) mass is 301 g/mol. The molecule has 8 heteroatoms. The zero-order valence-electron chi connectivity index (χ0n) is 10.5. The number of hydrogen-bond acceptors (Lipinski definition) is 4. The van der Waals surface area contributed by atoms with E-state index >= 15 is 0 Å². The highest BCUT2D eigenvalue weighted by Crippen LogP contribution is 2.16. The van der Waals surface area contributed by atoms with E-state index in [1.807, 2.05) is 0 Å². The third-order valence-electron chi connectivity index (χ3n) is 2.08. The number of carbonyl (C=O) groups is 2. The van der Waals surface area contributed by atoms with Crippen molar-refractivity contribution in [3.8, 4) is 0 Å². The molecule has 0 unspecified atom stereocenters. The summed E-state index contributed by atoms with van der Waals surface area (Å²) in [7, 11) is -3.46. The van der Waals surface area contributed by atoms with E-state index in [2.05, 4.69) is 5.32 Å². The van der Waals surface area contributed by atoms with Crippen LogP contribution >= 0.6 is 0 Å². The average molecular weight is 301 g/mol. The van der Waals surface area contributed by atoms with Crippen molar-refractivity contribution in [3.63, 3.8) is 0 Å². The summed E-state index contributed by atoms with van der Waals surface area (Å²) >= 11 is 0. The third kappa shape index (κ3) is 5.61. The predicted octanol–water partition coefficient (Wildman–Crippen LogP) is 0.907. The van der Waals surface area contributed by atoms with Crippen molar-refractivity contribution in [3.05, 3.63) is 35.7 Å². The van der Waals surface area contributed by atoms with Crippen molar-refractivity contribution in [2.75, 3.05) is 17.3 Å². The van der Waals surface area contributed by atoms with Crippen LogP contribution in [0.1, 0.15) is 5.56 Å². The number of halogens is 1. The van der Waals surface area contributed by atoms with Crippen LogP contribution in [0.3, 0.4) is 0 Å². The lowest BCUT2D eigenvalue weighted by Crippen LogP contribution is -2.21. The molecule has 0 aliphatic heterocycles. The van der Waals surface area contributed by atoms with Crippen molar-refractivity contribution in [2.45, 2.75) is 0 Å². The van der Waals surface area contributed by atoms with Gasteiger partial charge in [0.05, 0.1) is 0 Å². The molecule has 108 valence electrons. The van der Waals surface area contributed by atoms with E-state index in [9.17, 15) is 22.4 Å². The summed E-state index contributed by atoms with van der Waals surface area (Å²) in [5.74, 6) is -3.43. The Bertz CT molecular complexity index is 666. The van der Waals surface area contributed by atoms with Gasteiger partial charge in [0, 0.05) is 23.6 Å². The van der Waals surface area contributed by atoms with Gasteiger partial charge in [-0.1, -0.05) is 0 Å². The van der Waals surface area contributed by atoms with Crippen LogP contribution in [0.15, 0.2) is 24.3 Å². The SMILES string of the molecule is CS(=O)(=O)CC(=O)Nc1ccc(C=CC(=O)O)c(F)c1. The Morgan fingerprint density at radius 1 is 1.40 bits per heavy atom. The van der Waals surface area contributed by atoms with Gasteiger partial charge in [-0.3, -0.25) is 4.79 Å². The molecule has 0 bridgehead atoms. The summed E-state index contributed by atoms with van der Waals surface area (Å²) in [5.41, 5.74) is 0.122. The fourth-order valence-electron chi connectivity index (χ4n) is 1.34. The van der Waals surface area contributed by atoms with Crippen LogP contribution in [-0.4, -0.2) is 37.4 Å². The van der Waals surface area contributed by atoms with Gasteiger partial charge in [0.1, 0.15) is 11.6 Å². The zero-order valence-corrected chi connectivity index (χ0v) is 11.3. The first-order valence-electron chi connectivity index (χ1n) is 5.35. The number of carboxylic acid groups (broad SMARTS) is 1. The van der Waals surface area contributed by atoms with Gasteiger partial charge in [-0.15, -0.1) is 0 Å². The number of rotatable bonds is 5. The van der Waals surface area contributed by atoms with Crippen molar-refractivity contribution >= 4 is 33.5 Å². The molecule has 1 amide bonds. The Balaban J connectivity index is 2.83. The number of aliphatic carboxylic acids is 1. The third-order valence-corrected chi connectivity index (χ3v) is 2.87. The number of carboxylic acids is 1. The fourth-order valence-corrected chi connectivity index (χ4v) is 1.88. The Morgan fingerprint density at radius 2 is 2.05 bits per heavy atom. The normalized spacial score (nSPS) is 11.5. The molecule has 0 saturated heterocycles. The lowest BCUT2D eigenvalue weighted by atomic mass is 10.1. The molecule has 2 N–H and O–H groups in total. The summed E-state index contributed by atoms with van der Waals surface area (Å²) in [4.78, 5) is 21.6. The predicted molar refractivity (Wildman–Crippen MR) is 71.4 cm³/mol. The van der Waals surface area contributed by atoms with E-state index in [4.69, 9.17) is 5.11 Å². The van der Waals surface area contributed by atoms with Crippen LogP contribution in [-0.2, 0) is 19.4 Å². The molecule has 1 aromatic carbocycles. The van der Waals surface area contributed by atoms with Crippen molar-refractivity contribution in [1.29, 1.82) is 0 Å². The molecule has 6 nitrogen and oxygen atoms in total. The van der Waals surface area contributed by atoms with Crippen molar-refractivity contribution < 1.29 is 27.5 Å². The summed E-state index contributed by atoms with van der Waals surface area (Å²) in [5, 5.41) is 10.7. The zero-order chi connectivity index (χ0) is 15.3. The number of benzene rings is 1. The largest absolute Gasteiger partial charge is 0.478 e. The molecule has 0 spiro atoms. The van der Waals surface area contributed by atoms with E-state index in [-0.39, 0.29) is 11.3 Å². The van der Waals surface area contributed by atoms with Crippen molar-refractivity contribution in [2.24, 2.45) is 0 Å². The van der Waals surface area contributed by atoms with Gasteiger partial charge in [-0.25, -0.2) is 17.6 Å². The van der Waals surface area contributed by atoms with Crippen LogP contribution < -0.4 is 5.32 Å². The molecule has 1 rings (SSSR count). The molecule has 0 aromatic heterocycles. The van der Waals surface area contributed by atoms with E-state index in [0.29, 0.717) is 0 Å². The van der Waals surface area contributed by atoms with Crippen LogP contribution in [0.5, 0.6) is 0 Å². The maximum absolute atomic E-state index is 13.6. The van der Waals surface area contributed by atoms with Crippen molar-refractivity contribution in [1.82, 2.24) is 0 Å². The first-order valence-corrected chi connectivity index (χ1v) is 7.41. The standard InChI is InChI=1S/C12H12FNO5S/c1-20(18,19)7-11(15)14-9-4-2-8(10(13)6-9)3-5-12(16)17/h2-6H,7H2,1H3,(H,14,15)(H,16,17). The second-order valence-corrected chi connectivity index (χ2v) is 6.17. The highest BCUT2D eigenvalue weighted by Gasteiger charge is 2.11. The molecular weight excluding hydrogens is 289 g/mol. The van der Waals surface area contributed by atoms with Gasteiger partial charge >= 0.3 is 5.97 Å². The van der Waals surface area contributed by atoms with Crippen LogP contribution in [0.2, 0.25) is 0 Å². The van der Waals surface area contributed by atoms with E-state index in [1.165, 1.54) is 12.1 Å². The van der Waals surface area contributed by atoms with Crippen LogP contribution in [0.25, 0.3) is 6.08 Å². The minimum atomic E-state index is -3.46. The Morgan fingerprint density at radius 3 is 2.55 bits per heavy atom. The number of amides is 1. The number of sulfone groups is 1. The Kier molecular flexibility index (Phi) is 4.98. The number of nitrogens with one attached hydrogen (secondary N) is 1. The molecule has 0 radical (unpaired) electrons. The molecule has 0 heterocycles. The Labute approximate surface area is 114 Å². The summed E-state index contributed by atoms with van der Waals surface area (Å²) in [6, 6.07) is 3.58. The minimum Gasteiger partial charge on any atom is -0.478 e. The maximum Gasteiger partial charge on any atom is 0.328 e. The lowest BCUT2D eigenvalue weighted by Gasteiger charge is -2.05. The Hall–Kier alpha value is -2.22. The van der Waals surface area contributed by atoms with Gasteiger partial charge in [0.25, 0.3) is 0 Å². The van der Waals surface area contributed by atoms with Gasteiger partial charge in [0.2, 0.25) is 5.91 Å². The summed E-state index contributed by atoms with van der Waals surface area (Å²) in [6.07, 6.45) is 2.76. The number of hydrogen-bond donors (Lipinski definition) is 2. The first kappa shape index (κ1) is 15.8. The van der Waals surface area contributed by atoms with Gasteiger partial charge in [-0.05, 0) is 24.3 Å². The van der Waals surface area contributed by atoms with E-state index in [0.717, 1.165) is 24.5 Å². The van der Waals surface area contributed by atoms with E-state index in [1.54, 1.807) is 0 Å². The number of carbonyl (C=O) groups excluding carboxylic acids is 1. The maximum atomic E-state index is 13.6. The molecule has 0 aliphatic rings. The fraction of sp³-hybridized carbons (Fsp3) is 0.167. The summed E-state index contributed by atoms with van der Waals surface area (Å²) in [6.45, 7) is 0. The molecule has 1 aromatic rings. The van der Waals surface area contributed by atoms with Gasteiger partial charge in [0.15, 0.2) is 9.84 Å². The van der Waals surface area contributed by atoms with Crippen LogP contribution in [0.4, 0.5) is 10.1 Å². The quantitative estimate of drug-likeness (QED) is 0.787. The minimum absolute atomic E-state index is 0.0357. The van der Waals surface area contributed by atoms with Gasteiger partial charge in [-0.2, -0.15) is 0 Å². The highest BCUT2D eigenvalue weighted by atomic mass is 32.2. The first-order chi connectivity index (χ1) is 9.17. The van der Waals surface area contributed by atoms with Crippen LogP contribution in [0, 0.1) is 5.82 Å². The second-order valence-electron chi connectivity index (χ2n) is 4.03. The average Bonchev–Trinajstić information content (AvgIpc) is 2.24. The lowest BCUT2D eigenvalue weighted by molar-refractivity contribution is -0.131. The second kappa shape index (κ2) is 6.29. The number of anilines is 1. The van der Waals surface area contributed by atoms with E-state index < -0.39 is 33.3 Å². The topological polar surface area (TPSA) is 101 Å². The molecule has 0 fully saturated rings. The highest BCUT2D eigenvalue weighted by molar-refractivity contribution is 7.91. The summed E-state index contributed by atoms with van der Waals surface area (Å²) < 4.78 is 35.4. The smallest absolute Gasteiger partial charge is 0.328 e. The molecule has 0 aliphatic carbocycles. The van der Waals surface area contributed by atoms with Gasteiger partial charge < -0.3 is 10.4 Å². The molecule has 20 heavy (non-hydrogen) atoms. The molecule has 0 saturated carbocycles. The molecular formula is C12H12FNO5S. The molecule has 0 atom stereocenters.